The van der Waals surface area contributed by atoms with Crippen molar-refractivity contribution in [2.24, 2.45) is 0 Å². The van der Waals surface area contributed by atoms with Gasteiger partial charge >= 0.3 is 6.18 Å². The van der Waals surface area contributed by atoms with Gasteiger partial charge in [-0.2, -0.15) is 13.2 Å². The van der Waals surface area contributed by atoms with E-state index in [1.807, 2.05) is 0 Å². The standard InChI is InChI=1S/C16H23F3N2O/c1-3-10-21(11-4-2)12-9-15(22)20-14-8-6-5-7-13(14)16(17,18)19/h5-8H,3-4,9-12H2,1-2H3,(H,20,22). The van der Waals surface area contributed by atoms with Crippen LogP contribution in [-0.4, -0.2) is 30.4 Å². The van der Waals surface area contributed by atoms with Crippen molar-refractivity contribution in [3.05, 3.63) is 29.8 Å². The molecule has 3 nitrogen and oxygen atoms in total. The Kier molecular flexibility index (Phi) is 7.38. The van der Waals surface area contributed by atoms with Gasteiger partial charge in [0.05, 0.1) is 11.3 Å². The van der Waals surface area contributed by atoms with Gasteiger partial charge in [-0.15, -0.1) is 0 Å². The highest BCUT2D eigenvalue weighted by Gasteiger charge is 2.33. The number of anilines is 1. The fourth-order valence-electron chi connectivity index (χ4n) is 2.28. The third-order valence-electron chi connectivity index (χ3n) is 3.24. The molecule has 0 aliphatic heterocycles. The topological polar surface area (TPSA) is 32.3 Å². The SMILES string of the molecule is CCCN(CCC)CCC(=O)Nc1ccccc1C(F)(F)F. The predicted octanol–water partition coefficient (Wildman–Crippen LogP) is 4.16. The second-order valence-corrected chi connectivity index (χ2v) is 5.18. The van der Waals surface area contributed by atoms with Crippen LogP contribution in [-0.2, 0) is 11.0 Å². The molecule has 1 rings (SSSR count). The van der Waals surface area contributed by atoms with Crippen LogP contribution < -0.4 is 5.32 Å². The Balaban J connectivity index is 2.62. The van der Waals surface area contributed by atoms with E-state index >= 15 is 0 Å². The second-order valence-electron chi connectivity index (χ2n) is 5.18. The van der Waals surface area contributed by atoms with Crippen molar-refractivity contribution in [2.45, 2.75) is 39.3 Å². The molecule has 0 saturated carbocycles. The zero-order chi connectivity index (χ0) is 16.6. The molecule has 6 heteroatoms. The van der Waals surface area contributed by atoms with E-state index in [1.54, 1.807) is 0 Å². The maximum absolute atomic E-state index is 12.9. The van der Waals surface area contributed by atoms with Gasteiger partial charge in [-0.1, -0.05) is 26.0 Å². The molecular formula is C16H23F3N2O. The summed E-state index contributed by atoms with van der Waals surface area (Å²) < 4.78 is 38.6. The van der Waals surface area contributed by atoms with Gasteiger partial charge in [-0.05, 0) is 38.1 Å². The van der Waals surface area contributed by atoms with Crippen LogP contribution in [0.15, 0.2) is 24.3 Å². The van der Waals surface area contributed by atoms with E-state index in [4.69, 9.17) is 0 Å². The Morgan fingerprint density at radius 3 is 2.23 bits per heavy atom. The van der Waals surface area contributed by atoms with E-state index < -0.39 is 17.6 Å². The smallest absolute Gasteiger partial charge is 0.325 e. The van der Waals surface area contributed by atoms with Gasteiger partial charge in [-0.25, -0.2) is 0 Å². The molecule has 0 spiro atoms. The Morgan fingerprint density at radius 2 is 1.68 bits per heavy atom. The molecule has 0 saturated heterocycles. The molecule has 1 N–H and O–H groups in total. The van der Waals surface area contributed by atoms with Crippen molar-refractivity contribution in [3.8, 4) is 0 Å². The van der Waals surface area contributed by atoms with Crippen LogP contribution >= 0.6 is 0 Å². The molecule has 0 bridgehead atoms. The third kappa shape index (κ3) is 6.05. The summed E-state index contributed by atoms with van der Waals surface area (Å²) in [4.78, 5) is 14.0. The summed E-state index contributed by atoms with van der Waals surface area (Å²) in [5, 5.41) is 2.37. The number of alkyl halides is 3. The van der Waals surface area contributed by atoms with E-state index in [1.165, 1.54) is 18.2 Å². The third-order valence-corrected chi connectivity index (χ3v) is 3.24. The van der Waals surface area contributed by atoms with E-state index in [0.717, 1.165) is 32.0 Å². The summed E-state index contributed by atoms with van der Waals surface area (Å²) in [5.74, 6) is -0.395. The van der Waals surface area contributed by atoms with Crippen LogP contribution in [0.5, 0.6) is 0 Å². The molecule has 0 aliphatic carbocycles. The van der Waals surface area contributed by atoms with Crippen molar-refractivity contribution in [2.75, 3.05) is 25.0 Å². The number of nitrogens with one attached hydrogen (secondary N) is 1. The van der Waals surface area contributed by atoms with Crippen LogP contribution in [0, 0.1) is 0 Å². The summed E-state index contributed by atoms with van der Waals surface area (Å²) in [6.07, 6.45) is -2.32. The summed E-state index contributed by atoms with van der Waals surface area (Å²) >= 11 is 0. The zero-order valence-electron chi connectivity index (χ0n) is 13.0. The first kappa shape index (κ1) is 18.5. The van der Waals surface area contributed by atoms with E-state index in [-0.39, 0.29) is 12.1 Å². The highest BCUT2D eigenvalue weighted by molar-refractivity contribution is 5.91. The first-order chi connectivity index (χ1) is 10.4. The number of hydrogen-bond acceptors (Lipinski definition) is 2. The number of para-hydroxylation sites is 1. The van der Waals surface area contributed by atoms with Crippen molar-refractivity contribution >= 4 is 11.6 Å². The number of carbonyl (C=O) groups excluding carboxylic acids is 1. The van der Waals surface area contributed by atoms with Gasteiger partial charge in [0.25, 0.3) is 0 Å². The van der Waals surface area contributed by atoms with Crippen LogP contribution in [0.25, 0.3) is 0 Å². The van der Waals surface area contributed by atoms with Gasteiger partial charge in [0.2, 0.25) is 5.91 Å². The monoisotopic (exact) mass is 316 g/mol. The molecule has 0 aliphatic rings. The quantitative estimate of drug-likeness (QED) is 0.781. The normalized spacial score (nSPS) is 11.7. The molecule has 1 aromatic carbocycles. The van der Waals surface area contributed by atoms with E-state index in [2.05, 4.69) is 24.1 Å². The minimum Gasteiger partial charge on any atom is -0.325 e. The number of halogens is 3. The maximum atomic E-state index is 12.9. The summed E-state index contributed by atoms with van der Waals surface area (Å²) in [6.45, 7) is 6.45. The molecule has 0 heterocycles. The Morgan fingerprint density at radius 1 is 1.09 bits per heavy atom. The minimum atomic E-state index is -4.47. The Labute approximate surface area is 129 Å². The number of rotatable bonds is 8. The summed E-state index contributed by atoms with van der Waals surface area (Å²) in [6, 6.07) is 5.03. The summed E-state index contributed by atoms with van der Waals surface area (Å²) in [5.41, 5.74) is -1.00. The highest BCUT2D eigenvalue weighted by Crippen LogP contribution is 2.34. The number of carbonyl (C=O) groups is 1. The molecule has 1 amide bonds. The Hall–Kier alpha value is -1.56. The molecule has 0 radical (unpaired) electrons. The Bertz CT molecular complexity index is 469. The van der Waals surface area contributed by atoms with Crippen LogP contribution in [0.2, 0.25) is 0 Å². The van der Waals surface area contributed by atoms with Gasteiger partial charge in [0, 0.05) is 13.0 Å². The van der Waals surface area contributed by atoms with Crippen molar-refractivity contribution < 1.29 is 18.0 Å². The van der Waals surface area contributed by atoms with Gasteiger partial charge in [-0.3, -0.25) is 4.79 Å². The largest absolute Gasteiger partial charge is 0.418 e. The molecule has 124 valence electrons. The summed E-state index contributed by atoms with van der Waals surface area (Å²) in [7, 11) is 0. The molecule has 22 heavy (non-hydrogen) atoms. The van der Waals surface area contributed by atoms with Gasteiger partial charge in [0.1, 0.15) is 0 Å². The second kappa shape index (κ2) is 8.78. The van der Waals surface area contributed by atoms with Crippen LogP contribution in [0.4, 0.5) is 18.9 Å². The van der Waals surface area contributed by atoms with E-state index in [0.29, 0.717) is 6.54 Å². The van der Waals surface area contributed by atoms with Crippen LogP contribution in [0.1, 0.15) is 38.7 Å². The molecule has 0 fully saturated rings. The lowest BCUT2D eigenvalue weighted by atomic mass is 10.1. The number of benzene rings is 1. The first-order valence-corrected chi connectivity index (χ1v) is 7.56. The van der Waals surface area contributed by atoms with E-state index in [9.17, 15) is 18.0 Å². The average molecular weight is 316 g/mol. The van der Waals surface area contributed by atoms with Crippen molar-refractivity contribution in [1.29, 1.82) is 0 Å². The lowest BCUT2D eigenvalue weighted by Gasteiger charge is -2.20. The maximum Gasteiger partial charge on any atom is 0.418 e. The molecule has 0 aromatic heterocycles. The average Bonchev–Trinajstić information content (AvgIpc) is 2.45. The predicted molar refractivity (Wildman–Crippen MR) is 81.7 cm³/mol. The molecule has 1 aromatic rings. The van der Waals surface area contributed by atoms with Gasteiger partial charge < -0.3 is 10.2 Å². The number of nitrogens with zero attached hydrogens (tertiary/aromatic N) is 1. The van der Waals surface area contributed by atoms with Crippen LogP contribution in [0.3, 0.4) is 0 Å². The zero-order valence-corrected chi connectivity index (χ0v) is 13.0. The number of hydrogen-bond donors (Lipinski definition) is 1. The fourth-order valence-corrected chi connectivity index (χ4v) is 2.28. The first-order valence-electron chi connectivity index (χ1n) is 7.56. The molecule has 0 unspecified atom stereocenters. The minimum absolute atomic E-state index is 0.183. The molecule has 0 atom stereocenters. The molecular weight excluding hydrogens is 293 g/mol. The fraction of sp³-hybridized carbons (Fsp3) is 0.562. The van der Waals surface area contributed by atoms with Crippen molar-refractivity contribution in [1.82, 2.24) is 4.90 Å². The lowest BCUT2D eigenvalue weighted by Crippen LogP contribution is -2.29. The number of amides is 1. The highest BCUT2D eigenvalue weighted by atomic mass is 19.4. The lowest BCUT2D eigenvalue weighted by molar-refractivity contribution is -0.137. The van der Waals surface area contributed by atoms with Gasteiger partial charge in [0.15, 0.2) is 0 Å². The van der Waals surface area contributed by atoms with Crippen molar-refractivity contribution in [3.63, 3.8) is 0 Å².